The van der Waals surface area contributed by atoms with Gasteiger partial charge in [0.15, 0.2) is 0 Å². The van der Waals surface area contributed by atoms with E-state index in [1.165, 1.54) is 17.1 Å². The maximum Gasteiger partial charge on any atom is 0.243 e. The first kappa shape index (κ1) is 22.8. The first-order valence-corrected chi connectivity index (χ1v) is 12.8. The topological polar surface area (TPSA) is 66.9 Å². The Balaban J connectivity index is 1.43. The number of carbonyl (C=O) groups excluding carboxylic acids is 1. The number of hydrogen-bond donors (Lipinski definition) is 0. The molecule has 1 aliphatic carbocycles. The molecule has 0 radical (unpaired) electrons. The van der Waals surface area contributed by atoms with Gasteiger partial charge in [-0.2, -0.15) is 4.31 Å². The van der Waals surface area contributed by atoms with Crippen molar-refractivity contribution in [2.75, 3.05) is 20.2 Å². The van der Waals surface area contributed by atoms with E-state index in [0.717, 1.165) is 11.3 Å². The zero-order valence-electron chi connectivity index (χ0n) is 18.8. The summed E-state index contributed by atoms with van der Waals surface area (Å²) >= 11 is 0. The molecular formula is C25H32N2O4S. The summed E-state index contributed by atoms with van der Waals surface area (Å²) in [6, 6.07) is 16.6. The molecule has 1 aliphatic heterocycles. The lowest BCUT2D eigenvalue weighted by Gasteiger charge is -2.36. The molecule has 6 nitrogen and oxygen atoms in total. The third kappa shape index (κ3) is 4.99. The van der Waals surface area contributed by atoms with E-state index in [0.29, 0.717) is 43.3 Å². The van der Waals surface area contributed by atoms with Gasteiger partial charge < -0.3 is 9.64 Å². The van der Waals surface area contributed by atoms with Gasteiger partial charge in [-0.05, 0) is 68.4 Å². The number of amides is 1. The first-order valence-electron chi connectivity index (χ1n) is 11.4. The average Bonchev–Trinajstić information content (AvgIpc) is 3.68. The molecule has 2 aliphatic rings. The lowest BCUT2D eigenvalue weighted by atomic mass is 9.95. The fourth-order valence-corrected chi connectivity index (χ4v) is 5.99. The van der Waals surface area contributed by atoms with Crippen LogP contribution in [0.15, 0.2) is 59.5 Å². The van der Waals surface area contributed by atoms with Crippen LogP contribution in [0, 0.1) is 11.8 Å². The van der Waals surface area contributed by atoms with Gasteiger partial charge in [-0.25, -0.2) is 8.42 Å². The van der Waals surface area contributed by atoms with Crippen molar-refractivity contribution < 1.29 is 17.9 Å². The van der Waals surface area contributed by atoms with Crippen LogP contribution >= 0.6 is 0 Å². The summed E-state index contributed by atoms with van der Waals surface area (Å²) in [6.45, 7) is 3.47. The number of rotatable bonds is 8. The summed E-state index contributed by atoms with van der Waals surface area (Å²) < 4.78 is 32.6. The van der Waals surface area contributed by atoms with E-state index < -0.39 is 10.0 Å². The second-order valence-electron chi connectivity index (χ2n) is 8.88. The van der Waals surface area contributed by atoms with Crippen LogP contribution in [-0.4, -0.2) is 49.8 Å². The molecule has 4 rings (SSSR count). The quantitative estimate of drug-likeness (QED) is 0.604. The monoisotopic (exact) mass is 456 g/mol. The highest BCUT2D eigenvalue weighted by Gasteiger charge is 2.38. The minimum absolute atomic E-state index is 0.142. The van der Waals surface area contributed by atoms with Crippen LogP contribution in [0.25, 0.3) is 0 Å². The Labute approximate surface area is 191 Å². The Bertz CT molecular complexity index is 1010. The fourth-order valence-electron chi connectivity index (χ4n) is 4.50. The second-order valence-corrected chi connectivity index (χ2v) is 10.8. The molecule has 1 heterocycles. The number of benzene rings is 2. The van der Waals surface area contributed by atoms with Crippen molar-refractivity contribution in [3.63, 3.8) is 0 Å². The molecule has 0 N–H and O–H groups in total. The Morgan fingerprint density at radius 1 is 1.03 bits per heavy atom. The molecule has 1 unspecified atom stereocenters. The summed E-state index contributed by atoms with van der Waals surface area (Å²) in [4.78, 5) is 15.9. The van der Waals surface area contributed by atoms with E-state index in [1.54, 1.807) is 31.4 Å². The van der Waals surface area contributed by atoms with E-state index in [-0.39, 0.29) is 17.9 Å². The van der Waals surface area contributed by atoms with Gasteiger partial charge in [-0.15, -0.1) is 0 Å². The Kier molecular flexibility index (Phi) is 6.86. The number of ether oxygens (including phenoxy) is 1. The van der Waals surface area contributed by atoms with Crippen molar-refractivity contribution in [3.8, 4) is 5.75 Å². The van der Waals surface area contributed by atoms with Gasteiger partial charge in [0, 0.05) is 31.6 Å². The molecule has 0 spiro atoms. The van der Waals surface area contributed by atoms with Gasteiger partial charge in [0.25, 0.3) is 0 Å². The molecule has 172 valence electrons. The molecule has 2 fully saturated rings. The zero-order chi connectivity index (χ0) is 22.7. The van der Waals surface area contributed by atoms with Gasteiger partial charge >= 0.3 is 0 Å². The van der Waals surface area contributed by atoms with Crippen molar-refractivity contribution in [1.29, 1.82) is 0 Å². The highest BCUT2D eigenvalue weighted by molar-refractivity contribution is 7.89. The van der Waals surface area contributed by atoms with Crippen molar-refractivity contribution in [2.24, 2.45) is 11.8 Å². The van der Waals surface area contributed by atoms with E-state index in [4.69, 9.17) is 4.74 Å². The molecule has 7 heteroatoms. The van der Waals surface area contributed by atoms with Gasteiger partial charge in [-0.3, -0.25) is 4.79 Å². The molecule has 1 saturated heterocycles. The van der Waals surface area contributed by atoms with Crippen LogP contribution in [0.2, 0.25) is 0 Å². The van der Waals surface area contributed by atoms with Crippen LogP contribution in [-0.2, 0) is 21.4 Å². The lowest BCUT2D eigenvalue weighted by Crippen LogP contribution is -2.47. The summed E-state index contributed by atoms with van der Waals surface area (Å²) in [5, 5.41) is 0. The molecule has 1 atom stereocenters. The molecule has 1 amide bonds. The van der Waals surface area contributed by atoms with Gasteiger partial charge in [0.05, 0.1) is 12.0 Å². The summed E-state index contributed by atoms with van der Waals surface area (Å²) in [5.74, 6) is 1.37. The van der Waals surface area contributed by atoms with Crippen LogP contribution in [0.4, 0.5) is 0 Å². The smallest absolute Gasteiger partial charge is 0.243 e. The number of nitrogens with zero attached hydrogens (tertiary/aromatic N) is 2. The Morgan fingerprint density at radius 3 is 2.22 bits per heavy atom. The third-order valence-corrected chi connectivity index (χ3v) is 8.69. The predicted molar refractivity (Wildman–Crippen MR) is 124 cm³/mol. The molecule has 2 aromatic carbocycles. The second kappa shape index (κ2) is 9.63. The predicted octanol–water partition coefficient (Wildman–Crippen LogP) is 3.92. The minimum atomic E-state index is -3.51. The summed E-state index contributed by atoms with van der Waals surface area (Å²) in [5.41, 5.74) is 1.08. The lowest BCUT2D eigenvalue weighted by molar-refractivity contribution is -0.140. The van der Waals surface area contributed by atoms with Crippen molar-refractivity contribution in [3.05, 3.63) is 60.2 Å². The normalized spacial score (nSPS) is 18.8. The summed E-state index contributed by atoms with van der Waals surface area (Å²) in [6.07, 6.45) is 3.45. The fraction of sp³-hybridized carbons (Fsp3) is 0.480. The highest BCUT2D eigenvalue weighted by Crippen LogP contribution is 2.37. The van der Waals surface area contributed by atoms with Crippen LogP contribution in [0.3, 0.4) is 0 Å². The number of methoxy groups -OCH3 is 1. The van der Waals surface area contributed by atoms with Crippen LogP contribution in [0.5, 0.6) is 5.75 Å². The number of carbonyl (C=O) groups is 1. The number of piperidine rings is 1. The van der Waals surface area contributed by atoms with Gasteiger partial charge in [0.2, 0.25) is 15.9 Å². The molecule has 0 bridgehead atoms. The van der Waals surface area contributed by atoms with E-state index in [2.05, 4.69) is 6.92 Å². The number of sulfonamides is 1. The summed E-state index contributed by atoms with van der Waals surface area (Å²) in [7, 11) is -1.87. The molecule has 0 aromatic heterocycles. The van der Waals surface area contributed by atoms with Crippen LogP contribution in [0.1, 0.15) is 38.2 Å². The van der Waals surface area contributed by atoms with Gasteiger partial charge in [0.1, 0.15) is 5.75 Å². The van der Waals surface area contributed by atoms with E-state index in [9.17, 15) is 13.2 Å². The maximum absolute atomic E-state index is 13.6. The highest BCUT2D eigenvalue weighted by atomic mass is 32.2. The minimum Gasteiger partial charge on any atom is -0.497 e. The molecule has 32 heavy (non-hydrogen) atoms. The molecule has 1 saturated carbocycles. The number of hydrogen-bond acceptors (Lipinski definition) is 4. The Morgan fingerprint density at radius 2 is 1.66 bits per heavy atom. The largest absolute Gasteiger partial charge is 0.497 e. The average molecular weight is 457 g/mol. The van der Waals surface area contributed by atoms with Gasteiger partial charge in [-0.1, -0.05) is 30.3 Å². The SMILES string of the molecule is COc1ccc(CN(C(=O)C2CCN(S(=O)(=O)c3ccccc3)CC2)C(C)C2CC2)cc1. The van der Waals surface area contributed by atoms with Crippen molar-refractivity contribution in [1.82, 2.24) is 9.21 Å². The molecule has 2 aromatic rings. The Hall–Kier alpha value is -2.38. The van der Waals surface area contributed by atoms with Crippen molar-refractivity contribution in [2.45, 2.75) is 50.1 Å². The van der Waals surface area contributed by atoms with Crippen LogP contribution < -0.4 is 4.74 Å². The first-order chi connectivity index (χ1) is 15.4. The zero-order valence-corrected chi connectivity index (χ0v) is 19.6. The maximum atomic E-state index is 13.6. The third-order valence-electron chi connectivity index (χ3n) is 6.78. The van der Waals surface area contributed by atoms with E-state index in [1.807, 2.05) is 35.2 Å². The van der Waals surface area contributed by atoms with Crippen molar-refractivity contribution >= 4 is 15.9 Å². The molecular weight excluding hydrogens is 424 g/mol. The standard InChI is InChI=1S/C25H32N2O4S/c1-19(21-10-11-21)27(18-20-8-12-23(31-2)13-9-20)25(28)22-14-16-26(17-15-22)32(29,30)24-6-4-3-5-7-24/h3-9,12-13,19,21-22H,10-11,14-18H2,1-2H3. The van der Waals surface area contributed by atoms with E-state index >= 15 is 0 Å².